The smallest absolute Gasteiger partial charge is 0.263 e. The van der Waals surface area contributed by atoms with Gasteiger partial charge < -0.3 is 9.72 Å². The van der Waals surface area contributed by atoms with E-state index in [1.54, 1.807) is 11.8 Å². The Bertz CT molecular complexity index is 807. The molecule has 0 spiro atoms. The van der Waals surface area contributed by atoms with Crippen molar-refractivity contribution in [3.05, 3.63) is 40.9 Å². The molecule has 0 saturated heterocycles. The molecule has 0 amide bonds. The van der Waals surface area contributed by atoms with Crippen molar-refractivity contribution in [2.75, 3.05) is 13.4 Å². The molecule has 0 atom stereocenters. The van der Waals surface area contributed by atoms with Crippen molar-refractivity contribution in [1.29, 1.82) is 0 Å². The number of benzene rings is 1. The van der Waals surface area contributed by atoms with Gasteiger partial charge in [-0.2, -0.15) is 5.10 Å². The Morgan fingerprint density at radius 3 is 2.70 bits per heavy atom. The summed E-state index contributed by atoms with van der Waals surface area (Å²) < 4.78 is 6.80. The molecular weight excluding hydrogens is 276 g/mol. The van der Waals surface area contributed by atoms with E-state index >= 15 is 0 Å². The number of fused-ring (bicyclic) bond motifs is 1. The first-order valence-corrected chi connectivity index (χ1v) is 7.12. The molecule has 0 bridgehead atoms. The number of aromatic nitrogens is 4. The van der Waals surface area contributed by atoms with Gasteiger partial charge in [0.2, 0.25) is 0 Å². The van der Waals surface area contributed by atoms with Crippen LogP contribution in [0.3, 0.4) is 0 Å². The lowest BCUT2D eigenvalue weighted by Gasteiger charge is -2.04. The Kier molecular flexibility index (Phi) is 3.19. The molecule has 0 aliphatic rings. The minimum Gasteiger partial charge on any atom is -0.497 e. The first kappa shape index (κ1) is 12.7. The molecule has 0 aliphatic carbocycles. The third-order valence-electron chi connectivity index (χ3n) is 2.95. The van der Waals surface area contributed by atoms with E-state index in [1.807, 2.05) is 30.5 Å². The van der Waals surface area contributed by atoms with Gasteiger partial charge in [-0.1, -0.05) is 0 Å². The van der Waals surface area contributed by atoms with E-state index in [2.05, 4.69) is 15.1 Å². The summed E-state index contributed by atoms with van der Waals surface area (Å²) in [6.07, 6.45) is 3.27. The monoisotopic (exact) mass is 288 g/mol. The molecule has 0 saturated carbocycles. The second-order valence-corrected chi connectivity index (χ2v) is 4.84. The number of nitrogens with zero attached hydrogens (tertiary/aromatic N) is 3. The highest BCUT2D eigenvalue weighted by molar-refractivity contribution is 7.98. The molecule has 3 rings (SSSR count). The van der Waals surface area contributed by atoms with Crippen molar-refractivity contribution in [3.63, 3.8) is 0 Å². The lowest BCUT2D eigenvalue weighted by Crippen LogP contribution is -2.07. The highest BCUT2D eigenvalue weighted by atomic mass is 32.2. The van der Waals surface area contributed by atoms with Crippen LogP contribution < -0.4 is 10.3 Å². The maximum Gasteiger partial charge on any atom is 0.263 e. The van der Waals surface area contributed by atoms with E-state index in [-0.39, 0.29) is 5.56 Å². The fourth-order valence-corrected chi connectivity index (χ4v) is 2.53. The quantitative estimate of drug-likeness (QED) is 0.744. The number of rotatable bonds is 3. The van der Waals surface area contributed by atoms with Crippen LogP contribution >= 0.6 is 11.8 Å². The molecule has 6 nitrogen and oxygen atoms in total. The summed E-state index contributed by atoms with van der Waals surface area (Å²) in [5.74, 6) is 0.765. The predicted octanol–water partition coefficient (Wildman–Crippen LogP) is 1.84. The number of hydrogen-bond acceptors (Lipinski definition) is 5. The largest absolute Gasteiger partial charge is 0.497 e. The fourth-order valence-electron chi connectivity index (χ4n) is 1.98. The number of nitrogens with one attached hydrogen (secondary N) is 1. The molecule has 0 fully saturated rings. The van der Waals surface area contributed by atoms with E-state index in [0.29, 0.717) is 16.1 Å². The van der Waals surface area contributed by atoms with E-state index in [9.17, 15) is 4.79 Å². The third kappa shape index (κ3) is 1.96. The normalized spacial score (nSPS) is 10.9. The molecule has 2 heterocycles. The zero-order valence-corrected chi connectivity index (χ0v) is 11.8. The van der Waals surface area contributed by atoms with Crippen LogP contribution in [-0.2, 0) is 0 Å². The van der Waals surface area contributed by atoms with E-state index in [0.717, 1.165) is 11.4 Å². The number of thioether (sulfide) groups is 1. The van der Waals surface area contributed by atoms with Crippen LogP contribution in [0.4, 0.5) is 0 Å². The average Bonchev–Trinajstić information content (AvgIpc) is 2.87. The Hall–Kier alpha value is -2.28. The summed E-state index contributed by atoms with van der Waals surface area (Å²) in [6, 6.07) is 7.43. The number of hydrogen-bond donors (Lipinski definition) is 1. The molecule has 1 aromatic carbocycles. The van der Waals surface area contributed by atoms with Crippen LogP contribution in [0, 0.1) is 0 Å². The molecular formula is C13H12N4O2S. The minimum atomic E-state index is -0.181. The summed E-state index contributed by atoms with van der Waals surface area (Å²) in [4.78, 5) is 18.7. The maximum absolute atomic E-state index is 11.9. The van der Waals surface area contributed by atoms with Crippen molar-refractivity contribution in [1.82, 2.24) is 19.7 Å². The first-order chi connectivity index (χ1) is 9.74. The standard InChI is InChI=1S/C13H12N4O2S/c1-19-9-5-3-8(4-6-9)17-11-10(13(16-17)20-2)12(18)15-7-14-11/h3-7H,1-2H3,(H,14,15,18). The Morgan fingerprint density at radius 2 is 2.05 bits per heavy atom. The van der Waals surface area contributed by atoms with Gasteiger partial charge in [0.15, 0.2) is 5.65 Å². The third-order valence-corrected chi connectivity index (χ3v) is 3.62. The van der Waals surface area contributed by atoms with Gasteiger partial charge in [-0.25, -0.2) is 9.67 Å². The zero-order chi connectivity index (χ0) is 14.1. The minimum absolute atomic E-state index is 0.181. The SMILES string of the molecule is COc1ccc(-n2nc(SC)c3c(=O)[nH]cnc32)cc1. The summed E-state index contributed by atoms with van der Waals surface area (Å²) in [5.41, 5.74) is 1.19. The van der Waals surface area contributed by atoms with Gasteiger partial charge >= 0.3 is 0 Å². The topological polar surface area (TPSA) is 72.8 Å². The lowest BCUT2D eigenvalue weighted by molar-refractivity contribution is 0.414. The van der Waals surface area contributed by atoms with Gasteiger partial charge in [0.05, 0.1) is 19.1 Å². The van der Waals surface area contributed by atoms with Crippen molar-refractivity contribution in [2.45, 2.75) is 5.03 Å². The zero-order valence-electron chi connectivity index (χ0n) is 11.0. The fraction of sp³-hybridized carbons (Fsp3) is 0.154. The van der Waals surface area contributed by atoms with Gasteiger partial charge in [0, 0.05) is 0 Å². The molecule has 7 heteroatoms. The van der Waals surface area contributed by atoms with Crippen LogP contribution in [0.2, 0.25) is 0 Å². The molecule has 1 N–H and O–H groups in total. The second-order valence-electron chi connectivity index (χ2n) is 4.05. The van der Waals surface area contributed by atoms with Crippen molar-refractivity contribution in [3.8, 4) is 11.4 Å². The van der Waals surface area contributed by atoms with E-state index in [1.165, 1.54) is 18.1 Å². The van der Waals surface area contributed by atoms with E-state index in [4.69, 9.17) is 4.74 Å². The molecule has 2 aromatic heterocycles. The lowest BCUT2D eigenvalue weighted by atomic mass is 10.3. The second kappa shape index (κ2) is 5.01. The van der Waals surface area contributed by atoms with Crippen molar-refractivity contribution >= 4 is 22.8 Å². The van der Waals surface area contributed by atoms with Gasteiger partial charge in [-0.15, -0.1) is 11.8 Å². The van der Waals surface area contributed by atoms with Crippen LogP contribution in [0.5, 0.6) is 5.75 Å². The summed E-state index contributed by atoms with van der Waals surface area (Å²) in [6.45, 7) is 0. The van der Waals surface area contributed by atoms with Crippen LogP contribution in [0.15, 0.2) is 40.4 Å². The summed E-state index contributed by atoms with van der Waals surface area (Å²) in [7, 11) is 1.62. The van der Waals surface area contributed by atoms with Crippen LogP contribution in [0.25, 0.3) is 16.7 Å². The van der Waals surface area contributed by atoms with Gasteiger partial charge in [0.25, 0.3) is 5.56 Å². The first-order valence-electron chi connectivity index (χ1n) is 5.89. The average molecular weight is 288 g/mol. The highest BCUT2D eigenvalue weighted by Gasteiger charge is 2.15. The van der Waals surface area contributed by atoms with E-state index < -0.39 is 0 Å². The Balaban J connectivity index is 2.25. The summed E-state index contributed by atoms with van der Waals surface area (Å²) in [5, 5.41) is 5.62. The molecule has 0 unspecified atom stereocenters. The number of H-pyrrole nitrogens is 1. The van der Waals surface area contributed by atoms with Crippen LogP contribution in [-0.4, -0.2) is 33.1 Å². The number of ether oxygens (including phenoxy) is 1. The molecule has 0 radical (unpaired) electrons. The van der Waals surface area contributed by atoms with Gasteiger partial charge in [-0.3, -0.25) is 4.79 Å². The molecule has 20 heavy (non-hydrogen) atoms. The summed E-state index contributed by atoms with van der Waals surface area (Å²) >= 11 is 1.42. The Morgan fingerprint density at radius 1 is 1.30 bits per heavy atom. The molecule has 3 aromatic rings. The Labute approximate surface area is 118 Å². The van der Waals surface area contributed by atoms with Crippen LogP contribution in [0.1, 0.15) is 0 Å². The maximum atomic E-state index is 11.9. The molecule has 0 aliphatic heterocycles. The van der Waals surface area contributed by atoms with Crippen molar-refractivity contribution in [2.24, 2.45) is 0 Å². The van der Waals surface area contributed by atoms with Gasteiger partial charge in [-0.05, 0) is 30.5 Å². The predicted molar refractivity (Wildman–Crippen MR) is 77.8 cm³/mol. The highest BCUT2D eigenvalue weighted by Crippen LogP contribution is 2.24. The molecule has 102 valence electrons. The number of aromatic amines is 1. The van der Waals surface area contributed by atoms with Crippen molar-refractivity contribution < 1.29 is 4.74 Å². The number of methoxy groups -OCH3 is 1. The van der Waals surface area contributed by atoms with Gasteiger partial charge in [0.1, 0.15) is 16.2 Å².